The summed E-state index contributed by atoms with van der Waals surface area (Å²) in [5.74, 6) is 0.774. The Bertz CT molecular complexity index is 181. The fourth-order valence-corrected chi connectivity index (χ4v) is 2.72. The van der Waals surface area contributed by atoms with Crippen LogP contribution in [0.2, 0.25) is 0 Å². The van der Waals surface area contributed by atoms with E-state index >= 15 is 0 Å². The molecule has 1 rings (SSSR count). The number of hydrogen-bond donors (Lipinski definition) is 1. The molecule has 1 aliphatic rings. The summed E-state index contributed by atoms with van der Waals surface area (Å²) in [6.07, 6.45) is 6.20. The Morgan fingerprint density at radius 2 is 2.00 bits per heavy atom. The highest BCUT2D eigenvalue weighted by molar-refractivity contribution is 4.73. The van der Waals surface area contributed by atoms with Crippen molar-refractivity contribution in [2.45, 2.75) is 52.1 Å². The second-order valence-corrected chi connectivity index (χ2v) is 5.13. The van der Waals surface area contributed by atoms with E-state index in [-0.39, 0.29) is 6.10 Å². The Kier molecular flexibility index (Phi) is 7.82. The lowest BCUT2D eigenvalue weighted by Gasteiger charge is -2.24. The maximum Gasteiger partial charge on any atom is 0.0669 e. The Labute approximate surface area is 106 Å². The molecule has 3 heteroatoms. The minimum atomic E-state index is -0.153. The van der Waals surface area contributed by atoms with Gasteiger partial charge in [-0.2, -0.15) is 0 Å². The van der Waals surface area contributed by atoms with Gasteiger partial charge in [-0.15, -0.1) is 0 Å². The van der Waals surface area contributed by atoms with E-state index in [1.807, 2.05) is 6.92 Å². The van der Waals surface area contributed by atoms with Crippen LogP contribution >= 0.6 is 0 Å². The highest BCUT2D eigenvalue weighted by atomic mass is 16.5. The van der Waals surface area contributed by atoms with Gasteiger partial charge in [-0.05, 0) is 25.8 Å². The standard InChI is InChI=1S/C14H29NO2/c1-3-15(9-10-17-4-2)12-14(16)11-13-7-5-6-8-13/h13-14,16H,3-12H2,1-2H3. The first-order valence-corrected chi connectivity index (χ1v) is 7.24. The molecule has 0 aromatic heterocycles. The molecule has 0 spiro atoms. The first kappa shape index (κ1) is 14.9. The molecule has 0 bridgehead atoms. The predicted octanol–water partition coefficient (Wildman–Crippen LogP) is 2.29. The van der Waals surface area contributed by atoms with Gasteiger partial charge >= 0.3 is 0 Å². The van der Waals surface area contributed by atoms with Gasteiger partial charge in [-0.3, -0.25) is 4.90 Å². The fraction of sp³-hybridized carbons (Fsp3) is 1.00. The number of aliphatic hydroxyl groups excluding tert-OH is 1. The molecule has 0 radical (unpaired) electrons. The third-order valence-corrected chi connectivity index (χ3v) is 3.75. The zero-order valence-corrected chi connectivity index (χ0v) is 11.5. The molecule has 0 aliphatic heterocycles. The Balaban J connectivity index is 2.14. The molecule has 0 aromatic carbocycles. The molecule has 3 nitrogen and oxygen atoms in total. The van der Waals surface area contributed by atoms with Gasteiger partial charge in [0.05, 0.1) is 12.7 Å². The van der Waals surface area contributed by atoms with Gasteiger partial charge in [0.2, 0.25) is 0 Å². The van der Waals surface area contributed by atoms with E-state index in [4.69, 9.17) is 4.74 Å². The Hall–Kier alpha value is -0.120. The van der Waals surface area contributed by atoms with Crippen molar-refractivity contribution in [2.24, 2.45) is 5.92 Å². The van der Waals surface area contributed by atoms with E-state index < -0.39 is 0 Å². The summed E-state index contributed by atoms with van der Waals surface area (Å²) in [5, 5.41) is 10.1. The maximum atomic E-state index is 10.1. The van der Waals surface area contributed by atoms with Crippen LogP contribution in [0.4, 0.5) is 0 Å². The van der Waals surface area contributed by atoms with Gasteiger partial charge in [0.25, 0.3) is 0 Å². The summed E-state index contributed by atoms with van der Waals surface area (Å²) < 4.78 is 5.36. The normalized spacial score (nSPS) is 19.1. The predicted molar refractivity (Wildman–Crippen MR) is 71.2 cm³/mol. The van der Waals surface area contributed by atoms with Crippen molar-refractivity contribution in [1.29, 1.82) is 0 Å². The van der Waals surface area contributed by atoms with E-state index in [1.54, 1.807) is 0 Å². The topological polar surface area (TPSA) is 32.7 Å². The molecular weight excluding hydrogens is 214 g/mol. The summed E-state index contributed by atoms with van der Waals surface area (Å²) >= 11 is 0. The van der Waals surface area contributed by atoms with Gasteiger partial charge in [0.15, 0.2) is 0 Å². The van der Waals surface area contributed by atoms with Crippen molar-refractivity contribution >= 4 is 0 Å². The number of ether oxygens (including phenoxy) is 1. The van der Waals surface area contributed by atoms with Gasteiger partial charge in [-0.25, -0.2) is 0 Å². The third kappa shape index (κ3) is 6.39. The zero-order chi connectivity index (χ0) is 12.5. The lowest BCUT2D eigenvalue weighted by atomic mass is 10.00. The van der Waals surface area contributed by atoms with E-state index in [9.17, 15) is 5.11 Å². The average Bonchev–Trinajstić information content (AvgIpc) is 2.80. The number of nitrogens with zero attached hydrogens (tertiary/aromatic N) is 1. The largest absolute Gasteiger partial charge is 0.392 e. The third-order valence-electron chi connectivity index (χ3n) is 3.75. The zero-order valence-electron chi connectivity index (χ0n) is 11.5. The van der Waals surface area contributed by atoms with Crippen molar-refractivity contribution in [3.63, 3.8) is 0 Å². The summed E-state index contributed by atoms with van der Waals surface area (Å²) in [4.78, 5) is 2.29. The number of rotatable bonds is 9. The first-order valence-electron chi connectivity index (χ1n) is 7.24. The molecule has 1 N–H and O–H groups in total. The number of likely N-dealkylation sites (N-methyl/N-ethyl adjacent to an activating group) is 1. The van der Waals surface area contributed by atoms with Gasteiger partial charge in [0, 0.05) is 19.7 Å². The van der Waals surface area contributed by atoms with Crippen LogP contribution in [0, 0.1) is 5.92 Å². The smallest absolute Gasteiger partial charge is 0.0669 e. The second kappa shape index (κ2) is 8.90. The minimum Gasteiger partial charge on any atom is -0.392 e. The van der Waals surface area contributed by atoms with Crippen molar-refractivity contribution in [2.75, 3.05) is 32.8 Å². The van der Waals surface area contributed by atoms with E-state index in [0.29, 0.717) is 0 Å². The monoisotopic (exact) mass is 243 g/mol. The summed E-state index contributed by atoms with van der Waals surface area (Å²) in [7, 11) is 0. The molecule has 0 saturated heterocycles. The summed E-state index contributed by atoms with van der Waals surface area (Å²) in [6, 6.07) is 0. The van der Waals surface area contributed by atoms with Crippen molar-refractivity contribution < 1.29 is 9.84 Å². The van der Waals surface area contributed by atoms with Crippen molar-refractivity contribution in [1.82, 2.24) is 4.90 Å². The molecule has 0 amide bonds. The summed E-state index contributed by atoms with van der Waals surface area (Å²) in [5.41, 5.74) is 0. The van der Waals surface area contributed by atoms with Crippen LogP contribution in [0.15, 0.2) is 0 Å². The number of aliphatic hydroxyl groups is 1. The molecule has 102 valence electrons. The van der Waals surface area contributed by atoms with Crippen LogP contribution in [-0.4, -0.2) is 49.0 Å². The molecule has 1 saturated carbocycles. The van der Waals surface area contributed by atoms with Crippen molar-refractivity contribution in [3.8, 4) is 0 Å². The molecule has 1 fully saturated rings. The SMILES string of the molecule is CCOCCN(CC)CC(O)CC1CCCC1. The van der Waals surface area contributed by atoms with Crippen LogP contribution in [0.1, 0.15) is 46.0 Å². The van der Waals surface area contributed by atoms with E-state index in [0.717, 1.165) is 45.2 Å². The molecule has 17 heavy (non-hydrogen) atoms. The minimum absolute atomic E-state index is 0.153. The van der Waals surface area contributed by atoms with Crippen LogP contribution in [0.25, 0.3) is 0 Å². The van der Waals surface area contributed by atoms with Crippen LogP contribution in [0.5, 0.6) is 0 Å². The lowest BCUT2D eigenvalue weighted by molar-refractivity contribution is 0.0682. The van der Waals surface area contributed by atoms with Crippen LogP contribution < -0.4 is 0 Å². The van der Waals surface area contributed by atoms with Crippen LogP contribution in [-0.2, 0) is 4.74 Å². The Morgan fingerprint density at radius 1 is 1.29 bits per heavy atom. The summed E-state index contributed by atoms with van der Waals surface area (Å²) in [6.45, 7) is 8.46. The highest BCUT2D eigenvalue weighted by Gasteiger charge is 2.19. The first-order chi connectivity index (χ1) is 8.26. The fourth-order valence-electron chi connectivity index (χ4n) is 2.72. The average molecular weight is 243 g/mol. The Morgan fingerprint density at radius 3 is 2.59 bits per heavy atom. The van der Waals surface area contributed by atoms with Crippen molar-refractivity contribution in [3.05, 3.63) is 0 Å². The van der Waals surface area contributed by atoms with E-state index in [1.165, 1.54) is 25.7 Å². The van der Waals surface area contributed by atoms with Gasteiger partial charge in [0.1, 0.15) is 0 Å². The van der Waals surface area contributed by atoms with Crippen LogP contribution in [0.3, 0.4) is 0 Å². The van der Waals surface area contributed by atoms with Gasteiger partial charge < -0.3 is 9.84 Å². The number of hydrogen-bond acceptors (Lipinski definition) is 3. The molecular formula is C14H29NO2. The highest BCUT2D eigenvalue weighted by Crippen LogP contribution is 2.28. The quantitative estimate of drug-likeness (QED) is 0.631. The maximum absolute atomic E-state index is 10.1. The molecule has 0 aromatic rings. The van der Waals surface area contributed by atoms with E-state index in [2.05, 4.69) is 11.8 Å². The second-order valence-electron chi connectivity index (χ2n) is 5.13. The molecule has 1 atom stereocenters. The van der Waals surface area contributed by atoms with Gasteiger partial charge in [-0.1, -0.05) is 32.6 Å². The molecule has 0 heterocycles. The molecule has 1 unspecified atom stereocenters. The molecule has 1 aliphatic carbocycles. The lowest BCUT2D eigenvalue weighted by Crippen LogP contribution is -2.35.